The van der Waals surface area contributed by atoms with E-state index in [-0.39, 0.29) is 5.56 Å². The van der Waals surface area contributed by atoms with Crippen LogP contribution in [0, 0.1) is 5.92 Å². The van der Waals surface area contributed by atoms with E-state index in [1.54, 1.807) is 0 Å². The molecule has 1 saturated heterocycles. The molecule has 1 aliphatic rings. The number of nitrogens with one attached hydrogen (secondary N) is 1. The van der Waals surface area contributed by atoms with Crippen molar-refractivity contribution in [2.45, 2.75) is 26.3 Å². The highest BCUT2D eigenvalue weighted by Gasteiger charge is 2.18. The normalized spacial score (nSPS) is 20.0. The molecule has 4 rings (SSSR count). The molecule has 1 atom stereocenters. The number of H-pyrrole nitrogens is 1. The van der Waals surface area contributed by atoms with Crippen LogP contribution in [0.25, 0.3) is 22.1 Å². The zero-order chi connectivity index (χ0) is 15.1. The van der Waals surface area contributed by atoms with Gasteiger partial charge < -0.3 is 9.40 Å². The number of aromatic nitrogens is 2. The summed E-state index contributed by atoms with van der Waals surface area (Å²) in [6, 6.07) is 7.64. The van der Waals surface area contributed by atoms with Gasteiger partial charge in [0.2, 0.25) is 5.58 Å². The minimum Gasteiger partial charge on any atom is -0.449 e. The number of nitrogens with zero attached hydrogens (tertiary/aromatic N) is 2. The molecule has 3 heterocycles. The summed E-state index contributed by atoms with van der Waals surface area (Å²) in [4.78, 5) is 22.2. The smallest absolute Gasteiger partial charge is 0.294 e. The maximum Gasteiger partial charge on any atom is 0.294 e. The number of rotatable bonds is 2. The molecule has 3 aromatic rings. The molecule has 22 heavy (non-hydrogen) atoms. The number of para-hydroxylation sites is 1. The van der Waals surface area contributed by atoms with Gasteiger partial charge in [0, 0.05) is 11.9 Å². The molecule has 0 spiro atoms. The largest absolute Gasteiger partial charge is 0.449 e. The van der Waals surface area contributed by atoms with Gasteiger partial charge in [-0.3, -0.25) is 9.69 Å². The maximum absolute atomic E-state index is 12.3. The molecular weight excluding hydrogens is 278 g/mol. The highest BCUT2D eigenvalue weighted by molar-refractivity contribution is 6.01. The molecule has 0 unspecified atom stereocenters. The van der Waals surface area contributed by atoms with Gasteiger partial charge >= 0.3 is 0 Å². The SMILES string of the molecule is C[C@H]1CCCN(Cc2nc3c(oc4ccccc43)c(=O)[nH]2)C1. The summed E-state index contributed by atoms with van der Waals surface area (Å²) < 4.78 is 5.63. The molecule has 0 amide bonds. The second-order valence-corrected chi connectivity index (χ2v) is 6.27. The Morgan fingerprint density at radius 3 is 3.14 bits per heavy atom. The van der Waals surface area contributed by atoms with Gasteiger partial charge in [0.1, 0.15) is 16.9 Å². The third-order valence-electron chi connectivity index (χ3n) is 4.39. The number of hydrogen-bond donors (Lipinski definition) is 1. The molecule has 1 N–H and O–H groups in total. The van der Waals surface area contributed by atoms with Crippen LogP contribution in [0.15, 0.2) is 33.5 Å². The van der Waals surface area contributed by atoms with Gasteiger partial charge in [0.05, 0.1) is 6.54 Å². The summed E-state index contributed by atoms with van der Waals surface area (Å²) in [6.07, 6.45) is 2.49. The van der Waals surface area contributed by atoms with Gasteiger partial charge in [0.25, 0.3) is 5.56 Å². The average molecular weight is 297 g/mol. The average Bonchev–Trinajstić information content (AvgIpc) is 2.87. The van der Waals surface area contributed by atoms with E-state index in [0.29, 0.717) is 29.1 Å². The molecule has 1 aliphatic heterocycles. The third kappa shape index (κ3) is 2.31. The lowest BCUT2D eigenvalue weighted by atomic mass is 10.0. The molecule has 114 valence electrons. The van der Waals surface area contributed by atoms with Crippen LogP contribution < -0.4 is 5.56 Å². The van der Waals surface area contributed by atoms with Crippen LogP contribution >= 0.6 is 0 Å². The van der Waals surface area contributed by atoms with Crippen molar-refractivity contribution in [1.82, 2.24) is 14.9 Å². The van der Waals surface area contributed by atoms with Crippen LogP contribution in [-0.4, -0.2) is 28.0 Å². The Kier molecular flexibility index (Phi) is 3.22. The van der Waals surface area contributed by atoms with Crippen molar-refractivity contribution in [3.63, 3.8) is 0 Å². The number of aromatic amines is 1. The fourth-order valence-electron chi connectivity index (χ4n) is 3.36. The Bertz CT molecular complexity index is 880. The maximum atomic E-state index is 12.3. The summed E-state index contributed by atoms with van der Waals surface area (Å²) in [5.41, 5.74) is 1.50. The van der Waals surface area contributed by atoms with E-state index in [9.17, 15) is 4.79 Å². The first kappa shape index (κ1) is 13.5. The van der Waals surface area contributed by atoms with E-state index in [0.717, 1.165) is 24.3 Å². The minimum absolute atomic E-state index is 0.193. The summed E-state index contributed by atoms with van der Waals surface area (Å²) in [5, 5.41) is 0.900. The van der Waals surface area contributed by atoms with Gasteiger partial charge in [-0.05, 0) is 37.4 Å². The molecule has 0 radical (unpaired) electrons. The quantitative estimate of drug-likeness (QED) is 0.790. The highest BCUT2D eigenvalue weighted by atomic mass is 16.3. The summed E-state index contributed by atoms with van der Waals surface area (Å²) >= 11 is 0. The Morgan fingerprint density at radius 2 is 2.27 bits per heavy atom. The number of furan rings is 1. The zero-order valence-electron chi connectivity index (χ0n) is 12.6. The van der Waals surface area contributed by atoms with Gasteiger partial charge in [-0.1, -0.05) is 19.1 Å². The van der Waals surface area contributed by atoms with Crippen molar-refractivity contribution in [2.75, 3.05) is 13.1 Å². The Hall–Kier alpha value is -2.14. The topological polar surface area (TPSA) is 62.1 Å². The third-order valence-corrected chi connectivity index (χ3v) is 4.39. The van der Waals surface area contributed by atoms with Crippen LogP contribution in [-0.2, 0) is 6.54 Å². The molecule has 0 bridgehead atoms. The van der Waals surface area contributed by atoms with E-state index in [4.69, 9.17) is 4.42 Å². The van der Waals surface area contributed by atoms with Gasteiger partial charge in [-0.2, -0.15) is 0 Å². The Balaban J connectivity index is 1.75. The van der Waals surface area contributed by atoms with Crippen molar-refractivity contribution in [3.05, 3.63) is 40.4 Å². The predicted octanol–water partition coefficient (Wildman–Crippen LogP) is 2.90. The van der Waals surface area contributed by atoms with E-state index in [1.807, 2.05) is 24.3 Å². The number of fused-ring (bicyclic) bond motifs is 3. The van der Waals surface area contributed by atoms with E-state index in [1.165, 1.54) is 12.8 Å². The molecule has 1 fully saturated rings. The second-order valence-electron chi connectivity index (χ2n) is 6.27. The summed E-state index contributed by atoms with van der Waals surface area (Å²) in [5.74, 6) is 1.43. The second kappa shape index (κ2) is 5.25. The van der Waals surface area contributed by atoms with E-state index < -0.39 is 0 Å². The van der Waals surface area contributed by atoms with Crippen molar-refractivity contribution in [2.24, 2.45) is 5.92 Å². The van der Waals surface area contributed by atoms with Crippen LogP contribution in [0.1, 0.15) is 25.6 Å². The van der Waals surface area contributed by atoms with E-state index in [2.05, 4.69) is 21.8 Å². The molecule has 5 heteroatoms. The zero-order valence-corrected chi connectivity index (χ0v) is 12.6. The van der Waals surface area contributed by atoms with Gasteiger partial charge in [-0.15, -0.1) is 0 Å². The lowest BCUT2D eigenvalue weighted by molar-refractivity contribution is 0.173. The van der Waals surface area contributed by atoms with Crippen molar-refractivity contribution < 1.29 is 4.42 Å². The fraction of sp³-hybridized carbons (Fsp3) is 0.412. The molecular formula is C17H19N3O2. The molecule has 5 nitrogen and oxygen atoms in total. The number of hydrogen-bond acceptors (Lipinski definition) is 4. The lowest BCUT2D eigenvalue weighted by Crippen LogP contribution is -2.34. The van der Waals surface area contributed by atoms with Crippen LogP contribution in [0.2, 0.25) is 0 Å². The first-order valence-corrected chi connectivity index (χ1v) is 7.83. The summed E-state index contributed by atoms with van der Waals surface area (Å²) in [6.45, 7) is 5.09. The monoisotopic (exact) mass is 297 g/mol. The highest BCUT2D eigenvalue weighted by Crippen LogP contribution is 2.24. The van der Waals surface area contributed by atoms with E-state index >= 15 is 0 Å². The van der Waals surface area contributed by atoms with Gasteiger partial charge in [0.15, 0.2) is 0 Å². The van der Waals surface area contributed by atoms with Crippen molar-refractivity contribution in [3.8, 4) is 0 Å². The standard InChI is InChI=1S/C17H19N3O2/c1-11-5-4-8-20(9-11)10-14-18-15-12-6-2-3-7-13(12)22-16(15)17(21)19-14/h2-3,6-7,11H,4-5,8-10H2,1H3,(H,18,19,21)/t11-/m0/s1. The van der Waals surface area contributed by atoms with Crippen LogP contribution in [0.4, 0.5) is 0 Å². The number of benzene rings is 1. The van der Waals surface area contributed by atoms with Crippen LogP contribution in [0.5, 0.6) is 0 Å². The molecule has 1 aromatic carbocycles. The Morgan fingerprint density at radius 1 is 1.41 bits per heavy atom. The molecule has 0 aliphatic carbocycles. The van der Waals surface area contributed by atoms with Crippen LogP contribution in [0.3, 0.4) is 0 Å². The Labute approximate surface area is 127 Å². The molecule has 2 aromatic heterocycles. The lowest BCUT2D eigenvalue weighted by Gasteiger charge is -2.30. The predicted molar refractivity (Wildman–Crippen MR) is 85.8 cm³/mol. The molecule has 0 saturated carbocycles. The minimum atomic E-state index is -0.193. The summed E-state index contributed by atoms with van der Waals surface area (Å²) in [7, 11) is 0. The van der Waals surface area contributed by atoms with Crippen molar-refractivity contribution >= 4 is 22.1 Å². The van der Waals surface area contributed by atoms with Gasteiger partial charge in [-0.25, -0.2) is 4.98 Å². The number of likely N-dealkylation sites (tertiary alicyclic amines) is 1. The first-order chi connectivity index (χ1) is 10.7. The van der Waals surface area contributed by atoms with Crippen molar-refractivity contribution in [1.29, 1.82) is 0 Å². The fourth-order valence-corrected chi connectivity index (χ4v) is 3.36. The number of piperidine rings is 1. The first-order valence-electron chi connectivity index (χ1n) is 7.83.